The Morgan fingerprint density at radius 1 is 1.00 bits per heavy atom. The van der Waals surface area contributed by atoms with E-state index in [0.717, 1.165) is 22.3 Å². The Morgan fingerprint density at radius 2 is 1.62 bits per heavy atom. The number of hydrogen-bond donors (Lipinski definition) is 3. The number of hydrogen-bond acceptors (Lipinski definition) is 4. The Labute approximate surface area is 205 Å². The van der Waals surface area contributed by atoms with Crippen molar-refractivity contribution in [1.29, 1.82) is 0 Å². The van der Waals surface area contributed by atoms with Crippen LogP contribution in [0.2, 0.25) is 0 Å². The summed E-state index contributed by atoms with van der Waals surface area (Å²) >= 11 is 3.37. The molecule has 0 aliphatic heterocycles. The fourth-order valence-electron chi connectivity index (χ4n) is 4.12. The lowest BCUT2D eigenvalue weighted by Crippen LogP contribution is -2.34. The van der Waals surface area contributed by atoms with Gasteiger partial charge in [0, 0.05) is 22.0 Å². The number of anilines is 1. The van der Waals surface area contributed by atoms with E-state index in [1.807, 2.05) is 24.3 Å². The highest BCUT2D eigenvalue weighted by Crippen LogP contribution is 2.44. The highest BCUT2D eigenvalue weighted by molar-refractivity contribution is 9.10. The number of fused-ring (bicyclic) bond motifs is 3. The Balaban J connectivity index is 1.38. The topological polar surface area (TPSA) is 105 Å². The third kappa shape index (κ3) is 5.12. The molecular formula is C26H23BrN2O5. The average Bonchev–Trinajstić information content (AvgIpc) is 3.12. The van der Waals surface area contributed by atoms with Gasteiger partial charge in [-0.05, 0) is 63.3 Å². The third-order valence-corrected chi connectivity index (χ3v) is 6.33. The number of halogens is 1. The first-order valence-corrected chi connectivity index (χ1v) is 11.6. The minimum Gasteiger partial charge on any atom is -0.481 e. The molecule has 0 saturated carbocycles. The van der Waals surface area contributed by atoms with E-state index in [1.54, 1.807) is 25.1 Å². The number of carboxylic acid groups (broad SMARTS) is 1. The first kappa shape index (κ1) is 23.5. The van der Waals surface area contributed by atoms with Crippen molar-refractivity contribution in [2.24, 2.45) is 0 Å². The zero-order valence-electron chi connectivity index (χ0n) is 18.4. The molecule has 1 atom stereocenters. The van der Waals surface area contributed by atoms with Crippen molar-refractivity contribution >= 4 is 39.6 Å². The number of aliphatic carboxylic acids is 1. The summed E-state index contributed by atoms with van der Waals surface area (Å²) in [7, 11) is 0. The lowest BCUT2D eigenvalue weighted by atomic mass is 9.98. The fraction of sp³-hybridized carbons (Fsp3) is 0.192. The lowest BCUT2D eigenvalue weighted by molar-refractivity contribution is -0.137. The van der Waals surface area contributed by atoms with Crippen molar-refractivity contribution in [2.45, 2.75) is 25.3 Å². The zero-order chi connectivity index (χ0) is 24.2. The van der Waals surface area contributed by atoms with Gasteiger partial charge in [0.2, 0.25) is 0 Å². The predicted molar refractivity (Wildman–Crippen MR) is 132 cm³/mol. The van der Waals surface area contributed by atoms with E-state index in [-0.39, 0.29) is 18.9 Å². The second-order valence-electron chi connectivity index (χ2n) is 8.12. The van der Waals surface area contributed by atoms with Crippen LogP contribution in [0.3, 0.4) is 0 Å². The highest BCUT2D eigenvalue weighted by Gasteiger charge is 2.29. The fourth-order valence-corrected chi connectivity index (χ4v) is 4.60. The van der Waals surface area contributed by atoms with Crippen LogP contribution >= 0.6 is 15.9 Å². The second-order valence-corrected chi connectivity index (χ2v) is 8.97. The van der Waals surface area contributed by atoms with Gasteiger partial charge in [0.1, 0.15) is 6.61 Å². The monoisotopic (exact) mass is 522 g/mol. The molecule has 1 aliphatic rings. The summed E-state index contributed by atoms with van der Waals surface area (Å²) in [6, 6.07) is 20.4. The summed E-state index contributed by atoms with van der Waals surface area (Å²) in [6.07, 6.45) is -0.774. The molecule has 7 nitrogen and oxygen atoms in total. The van der Waals surface area contributed by atoms with Crippen molar-refractivity contribution in [3.63, 3.8) is 0 Å². The van der Waals surface area contributed by atoms with Crippen LogP contribution < -0.4 is 10.6 Å². The van der Waals surface area contributed by atoms with E-state index in [2.05, 4.69) is 50.8 Å². The van der Waals surface area contributed by atoms with Crippen LogP contribution in [-0.4, -0.2) is 35.7 Å². The van der Waals surface area contributed by atoms with Gasteiger partial charge in [0.05, 0.1) is 12.1 Å². The Kier molecular flexibility index (Phi) is 6.98. The quantitative estimate of drug-likeness (QED) is 0.385. The number of carbonyl (C=O) groups excluding carboxylic acids is 2. The van der Waals surface area contributed by atoms with Gasteiger partial charge in [0.15, 0.2) is 0 Å². The summed E-state index contributed by atoms with van der Waals surface area (Å²) in [6.45, 7) is 1.81. The predicted octanol–water partition coefficient (Wildman–Crippen LogP) is 5.40. The molecule has 3 aromatic carbocycles. The van der Waals surface area contributed by atoms with E-state index in [0.29, 0.717) is 15.7 Å². The van der Waals surface area contributed by atoms with Gasteiger partial charge < -0.3 is 15.2 Å². The standard InChI is InChI=1S/C26H23BrN2O5/c1-15(12-24(30)31)28-25(32)16-10-11-23(22(27)13-16)29-26(33)34-14-21-19-8-4-2-6-17(19)18-7-3-5-9-20(18)21/h2-11,13,15,21H,12,14H2,1H3,(H,28,32)(H,29,33)(H,30,31)/t15-/m0/s1. The number of rotatable bonds is 7. The number of amides is 2. The molecule has 0 aromatic heterocycles. The minimum absolute atomic E-state index is 0.0412. The maximum atomic E-state index is 12.5. The number of carboxylic acids is 1. The molecule has 0 radical (unpaired) electrons. The Bertz CT molecular complexity index is 1210. The normalized spacial score (nSPS) is 12.9. The molecule has 2 amide bonds. The molecule has 0 fully saturated rings. The van der Waals surface area contributed by atoms with Crippen LogP contribution in [0, 0.1) is 0 Å². The van der Waals surface area contributed by atoms with Crippen LogP contribution in [0.1, 0.15) is 40.7 Å². The van der Waals surface area contributed by atoms with E-state index in [1.165, 1.54) is 0 Å². The van der Waals surface area contributed by atoms with E-state index in [4.69, 9.17) is 9.84 Å². The summed E-state index contributed by atoms with van der Waals surface area (Å²) in [5, 5.41) is 14.2. The van der Waals surface area contributed by atoms with Gasteiger partial charge in [-0.15, -0.1) is 0 Å². The molecule has 0 bridgehead atoms. The van der Waals surface area contributed by atoms with Crippen molar-refractivity contribution in [1.82, 2.24) is 5.32 Å². The Hall–Kier alpha value is -3.65. The third-order valence-electron chi connectivity index (χ3n) is 5.67. The number of ether oxygens (including phenoxy) is 1. The largest absolute Gasteiger partial charge is 0.481 e. The summed E-state index contributed by atoms with van der Waals surface area (Å²) in [5.41, 5.74) is 5.35. The zero-order valence-corrected chi connectivity index (χ0v) is 20.0. The van der Waals surface area contributed by atoms with Crippen LogP contribution in [-0.2, 0) is 9.53 Å². The summed E-state index contributed by atoms with van der Waals surface area (Å²) < 4.78 is 6.06. The smallest absolute Gasteiger partial charge is 0.411 e. The van der Waals surface area contributed by atoms with Crippen molar-refractivity contribution in [2.75, 3.05) is 11.9 Å². The maximum Gasteiger partial charge on any atom is 0.411 e. The molecule has 3 aromatic rings. The number of benzene rings is 3. The maximum absolute atomic E-state index is 12.5. The van der Waals surface area contributed by atoms with Gasteiger partial charge in [-0.25, -0.2) is 4.79 Å². The summed E-state index contributed by atoms with van der Waals surface area (Å²) in [5.74, 6) is -1.43. The molecule has 8 heteroatoms. The molecule has 0 saturated heterocycles. The van der Waals surface area contributed by atoms with Crippen LogP contribution in [0.5, 0.6) is 0 Å². The summed E-state index contributed by atoms with van der Waals surface area (Å²) in [4.78, 5) is 35.6. The van der Waals surface area contributed by atoms with Crippen molar-refractivity contribution < 1.29 is 24.2 Å². The van der Waals surface area contributed by atoms with Gasteiger partial charge >= 0.3 is 12.1 Å². The average molecular weight is 523 g/mol. The second kappa shape index (κ2) is 10.1. The highest BCUT2D eigenvalue weighted by atomic mass is 79.9. The van der Waals surface area contributed by atoms with E-state index < -0.39 is 24.0 Å². The van der Waals surface area contributed by atoms with E-state index in [9.17, 15) is 14.4 Å². The first-order chi connectivity index (χ1) is 16.3. The van der Waals surface area contributed by atoms with Crippen molar-refractivity contribution in [3.05, 3.63) is 87.9 Å². The molecule has 0 heterocycles. The van der Waals surface area contributed by atoms with Crippen LogP contribution in [0.15, 0.2) is 71.2 Å². The van der Waals surface area contributed by atoms with Crippen molar-refractivity contribution in [3.8, 4) is 11.1 Å². The van der Waals surface area contributed by atoms with Gasteiger partial charge in [-0.3, -0.25) is 14.9 Å². The molecule has 34 heavy (non-hydrogen) atoms. The van der Waals surface area contributed by atoms with E-state index >= 15 is 0 Å². The van der Waals surface area contributed by atoms with Crippen LogP contribution in [0.4, 0.5) is 10.5 Å². The number of nitrogens with one attached hydrogen (secondary N) is 2. The minimum atomic E-state index is -0.989. The molecule has 0 spiro atoms. The van der Waals surface area contributed by atoms with Crippen LogP contribution in [0.25, 0.3) is 11.1 Å². The SMILES string of the molecule is C[C@@H](CC(=O)O)NC(=O)c1ccc(NC(=O)OCC2c3ccccc3-c3ccccc32)c(Br)c1. The van der Waals surface area contributed by atoms with Gasteiger partial charge in [-0.1, -0.05) is 48.5 Å². The molecule has 1 aliphatic carbocycles. The molecule has 0 unspecified atom stereocenters. The number of carbonyl (C=O) groups is 3. The molecule has 3 N–H and O–H groups in total. The lowest BCUT2D eigenvalue weighted by Gasteiger charge is -2.15. The Morgan fingerprint density at radius 3 is 2.21 bits per heavy atom. The molecule has 174 valence electrons. The van der Waals surface area contributed by atoms with Gasteiger partial charge in [0.25, 0.3) is 5.91 Å². The first-order valence-electron chi connectivity index (χ1n) is 10.8. The molecular weight excluding hydrogens is 500 g/mol. The van der Waals surface area contributed by atoms with Gasteiger partial charge in [-0.2, -0.15) is 0 Å². The molecule has 4 rings (SSSR count).